The van der Waals surface area contributed by atoms with Crippen LogP contribution in [-0.4, -0.2) is 97.2 Å². The van der Waals surface area contributed by atoms with Crippen LogP contribution in [0.1, 0.15) is 46.5 Å². The maximum Gasteiger partial charge on any atom is 0.247 e. The van der Waals surface area contributed by atoms with Gasteiger partial charge in [0.1, 0.15) is 6.04 Å². The molecule has 3 aliphatic heterocycles. The number of rotatable bonds is 13. The van der Waals surface area contributed by atoms with Crippen LogP contribution < -0.4 is 0 Å². The SMILES string of the molecule is C=CCN(CCC)C(=O)[C@H]1[C@@H]2SC3(CC2Br)C(C(=O)N(CC=C)C(C)C)N(CCCCO)C(=O)[C@H]13. The molecule has 7 nitrogen and oxygen atoms in total. The molecule has 3 aliphatic rings. The summed E-state index contributed by atoms with van der Waals surface area (Å²) in [5.74, 6) is -1.17. The first kappa shape index (κ1) is 28.3. The van der Waals surface area contributed by atoms with Gasteiger partial charge in [0.2, 0.25) is 17.7 Å². The lowest BCUT2D eigenvalue weighted by Gasteiger charge is -2.39. The van der Waals surface area contributed by atoms with E-state index in [1.54, 1.807) is 33.7 Å². The number of alkyl halides is 1. The Morgan fingerprint density at radius 2 is 1.94 bits per heavy atom. The van der Waals surface area contributed by atoms with Gasteiger partial charge in [0, 0.05) is 48.9 Å². The normalized spacial score (nSPS) is 31.1. The number of carbonyl (C=O) groups excluding carboxylic acids is 3. The molecule has 196 valence electrons. The van der Waals surface area contributed by atoms with E-state index in [4.69, 9.17) is 0 Å². The minimum Gasteiger partial charge on any atom is -0.396 e. The molecular formula is C26H40BrN3O4S. The average Bonchev–Trinajstić information content (AvgIpc) is 3.40. The molecule has 2 bridgehead atoms. The Morgan fingerprint density at radius 3 is 2.51 bits per heavy atom. The molecule has 35 heavy (non-hydrogen) atoms. The van der Waals surface area contributed by atoms with Crippen LogP contribution in [0.2, 0.25) is 0 Å². The number of thioether (sulfide) groups is 1. The fourth-order valence-corrected chi connectivity index (χ4v) is 9.71. The molecule has 1 N–H and O–H groups in total. The highest BCUT2D eigenvalue weighted by molar-refractivity contribution is 9.09. The van der Waals surface area contributed by atoms with Crippen LogP contribution in [0.25, 0.3) is 0 Å². The van der Waals surface area contributed by atoms with Gasteiger partial charge in [-0.3, -0.25) is 14.4 Å². The van der Waals surface area contributed by atoms with Crippen molar-refractivity contribution in [3.05, 3.63) is 25.3 Å². The van der Waals surface area contributed by atoms with Crippen molar-refractivity contribution in [2.24, 2.45) is 11.8 Å². The van der Waals surface area contributed by atoms with Crippen molar-refractivity contribution in [2.45, 2.75) is 73.4 Å². The first-order chi connectivity index (χ1) is 16.7. The van der Waals surface area contributed by atoms with Crippen LogP contribution in [-0.2, 0) is 14.4 Å². The number of halogens is 1. The number of hydrogen-bond donors (Lipinski definition) is 1. The maximum absolute atomic E-state index is 14.1. The van der Waals surface area contributed by atoms with E-state index in [2.05, 4.69) is 29.1 Å². The Bertz CT molecular complexity index is 839. The van der Waals surface area contributed by atoms with Gasteiger partial charge in [-0.15, -0.1) is 24.9 Å². The Morgan fingerprint density at radius 1 is 1.26 bits per heavy atom. The second-order valence-electron chi connectivity index (χ2n) is 10.1. The van der Waals surface area contributed by atoms with E-state index in [0.29, 0.717) is 45.4 Å². The number of hydrogen-bond acceptors (Lipinski definition) is 5. The molecule has 0 radical (unpaired) electrons. The predicted octanol–water partition coefficient (Wildman–Crippen LogP) is 3.07. The molecular weight excluding hydrogens is 530 g/mol. The Balaban J connectivity index is 2.05. The van der Waals surface area contributed by atoms with Crippen molar-refractivity contribution in [2.75, 3.05) is 32.8 Å². The maximum atomic E-state index is 14.1. The van der Waals surface area contributed by atoms with Crippen molar-refractivity contribution in [1.29, 1.82) is 0 Å². The standard InChI is InChI=1S/C26H40BrN3O4S/c1-6-11-28(12-7-2)23(32)19-20-24(33)30(14-9-10-15-31)22(25(34)29(13-8-3)17(4)5)26(20)16-18(27)21(19)35-26/h6,8,17-22,31H,1,3,7,9-16H2,2,4-5H3/t18?,19-,20+,21-,22?,26?/m1/s1. The van der Waals surface area contributed by atoms with Crippen molar-refractivity contribution in [3.8, 4) is 0 Å². The minimum atomic E-state index is -0.646. The summed E-state index contributed by atoms with van der Waals surface area (Å²) >= 11 is 5.50. The Hall–Kier alpha value is -1.32. The van der Waals surface area contributed by atoms with E-state index in [1.807, 2.05) is 25.7 Å². The van der Waals surface area contributed by atoms with Crippen molar-refractivity contribution in [1.82, 2.24) is 14.7 Å². The third-order valence-corrected chi connectivity index (χ3v) is 10.7. The number of likely N-dealkylation sites (tertiary alicyclic amines) is 1. The molecule has 9 heteroatoms. The molecule has 3 amide bonds. The van der Waals surface area contributed by atoms with Crippen LogP contribution in [0.3, 0.4) is 0 Å². The van der Waals surface area contributed by atoms with Gasteiger partial charge >= 0.3 is 0 Å². The highest BCUT2D eigenvalue weighted by atomic mass is 79.9. The molecule has 3 saturated heterocycles. The van der Waals surface area contributed by atoms with Crippen LogP contribution in [0.15, 0.2) is 25.3 Å². The summed E-state index contributed by atoms with van der Waals surface area (Å²) in [6, 6.07) is -0.674. The monoisotopic (exact) mass is 569 g/mol. The fourth-order valence-electron chi connectivity index (χ4n) is 6.10. The van der Waals surface area contributed by atoms with Gasteiger partial charge in [-0.2, -0.15) is 0 Å². The van der Waals surface area contributed by atoms with E-state index in [0.717, 1.165) is 6.42 Å². The predicted molar refractivity (Wildman–Crippen MR) is 144 cm³/mol. The van der Waals surface area contributed by atoms with Gasteiger partial charge in [-0.25, -0.2) is 0 Å². The number of aliphatic hydroxyl groups is 1. The first-order valence-corrected chi connectivity index (χ1v) is 14.5. The third-order valence-electron chi connectivity index (χ3n) is 7.50. The second kappa shape index (κ2) is 11.8. The van der Waals surface area contributed by atoms with E-state index in [1.165, 1.54) is 0 Å². The van der Waals surface area contributed by atoms with Gasteiger partial charge in [-0.1, -0.05) is 35.0 Å². The van der Waals surface area contributed by atoms with Gasteiger partial charge < -0.3 is 19.8 Å². The summed E-state index contributed by atoms with van der Waals surface area (Å²) in [7, 11) is 0. The van der Waals surface area contributed by atoms with Crippen LogP contribution in [0.4, 0.5) is 0 Å². The zero-order valence-corrected chi connectivity index (χ0v) is 23.6. The smallest absolute Gasteiger partial charge is 0.247 e. The summed E-state index contributed by atoms with van der Waals surface area (Å²) in [4.78, 5) is 47.4. The molecule has 0 aliphatic carbocycles. The zero-order valence-electron chi connectivity index (χ0n) is 21.2. The molecule has 1 spiro atoms. The van der Waals surface area contributed by atoms with Gasteiger partial charge in [0.05, 0.1) is 16.6 Å². The lowest BCUT2D eigenvalue weighted by Crippen LogP contribution is -2.57. The largest absolute Gasteiger partial charge is 0.396 e. The average molecular weight is 571 g/mol. The highest BCUT2D eigenvalue weighted by Gasteiger charge is 2.76. The highest BCUT2D eigenvalue weighted by Crippen LogP contribution is 2.68. The van der Waals surface area contributed by atoms with Crippen molar-refractivity contribution >= 4 is 45.4 Å². The lowest BCUT2D eigenvalue weighted by atomic mass is 9.70. The van der Waals surface area contributed by atoms with Crippen LogP contribution in [0.5, 0.6) is 0 Å². The minimum absolute atomic E-state index is 0.0103. The number of carbonyl (C=O) groups is 3. The quantitative estimate of drug-likeness (QED) is 0.209. The Labute approximate surface area is 222 Å². The number of unbranched alkanes of at least 4 members (excludes halogenated alkanes) is 1. The second-order valence-corrected chi connectivity index (χ2v) is 12.8. The van der Waals surface area contributed by atoms with E-state index < -0.39 is 22.6 Å². The van der Waals surface area contributed by atoms with E-state index >= 15 is 0 Å². The molecule has 3 unspecified atom stereocenters. The lowest BCUT2D eigenvalue weighted by molar-refractivity contribution is -0.145. The molecule has 0 saturated carbocycles. The number of fused-ring (bicyclic) bond motifs is 1. The first-order valence-electron chi connectivity index (χ1n) is 12.7. The number of amides is 3. The van der Waals surface area contributed by atoms with Gasteiger partial charge in [0.15, 0.2) is 0 Å². The zero-order chi connectivity index (χ0) is 25.9. The summed E-state index contributed by atoms with van der Waals surface area (Å²) in [5.41, 5.74) is 0. The number of nitrogens with zero attached hydrogens (tertiary/aromatic N) is 3. The molecule has 0 aromatic rings. The van der Waals surface area contributed by atoms with Gasteiger partial charge in [-0.05, 0) is 39.5 Å². The summed E-state index contributed by atoms with van der Waals surface area (Å²) in [6.45, 7) is 15.5. The molecule has 0 aromatic carbocycles. The summed E-state index contributed by atoms with van der Waals surface area (Å²) < 4.78 is -0.646. The molecule has 3 heterocycles. The Kier molecular flexibility index (Phi) is 9.54. The summed E-state index contributed by atoms with van der Waals surface area (Å²) in [5, 5.41) is 9.28. The van der Waals surface area contributed by atoms with E-state index in [9.17, 15) is 19.5 Å². The summed E-state index contributed by atoms with van der Waals surface area (Å²) in [6.07, 6.45) is 6.12. The number of aliphatic hydroxyl groups excluding tert-OH is 1. The molecule has 3 rings (SSSR count). The van der Waals surface area contributed by atoms with Crippen LogP contribution in [0, 0.1) is 11.8 Å². The fraction of sp³-hybridized carbons (Fsp3) is 0.731. The van der Waals surface area contributed by atoms with Crippen molar-refractivity contribution < 1.29 is 19.5 Å². The van der Waals surface area contributed by atoms with Crippen molar-refractivity contribution in [3.63, 3.8) is 0 Å². The molecule has 3 fully saturated rings. The molecule has 0 aromatic heterocycles. The molecule has 6 atom stereocenters. The van der Waals surface area contributed by atoms with E-state index in [-0.39, 0.29) is 40.4 Å². The van der Waals surface area contributed by atoms with Crippen LogP contribution >= 0.6 is 27.7 Å². The topological polar surface area (TPSA) is 81.2 Å². The van der Waals surface area contributed by atoms with Gasteiger partial charge in [0.25, 0.3) is 0 Å². The third kappa shape index (κ3) is 4.97.